The van der Waals surface area contributed by atoms with Crippen LogP contribution in [0.3, 0.4) is 0 Å². The molecule has 24 heavy (non-hydrogen) atoms. The third-order valence-electron chi connectivity index (χ3n) is 5.37. The van der Waals surface area contributed by atoms with Gasteiger partial charge in [-0.3, -0.25) is 9.59 Å². The molecule has 0 aromatic heterocycles. The first-order valence-electron chi connectivity index (χ1n) is 9.32. The van der Waals surface area contributed by atoms with Gasteiger partial charge in [-0.15, -0.1) is 0 Å². The van der Waals surface area contributed by atoms with Crippen LogP contribution in [-0.4, -0.2) is 47.3 Å². The second kappa shape index (κ2) is 7.82. The molecule has 2 heterocycles. The third kappa shape index (κ3) is 3.97. The molecular formula is C20H28N2O2. The molecule has 3 rings (SSSR count). The van der Waals surface area contributed by atoms with Gasteiger partial charge in [-0.2, -0.15) is 0 Å². The van der Waals surface area contributed by atoms with E-state index >= 15 is 0 Å². The summed E-state index contributed by atoms with van der Waals surface area (Å²) in [6, 6.07) is 8.66. The van der Waals surface area contributed by atoms with E-state index in [9.17, 15) is 9.59 Å². The van der Waals surface area contributed by atoms with Crippen LogP contribution < -0.4 is 0 Å². The number of hydrogen-bond donors (Lipinski definition) is 0. The number of benzene rings is 1. The van der Waals surface area contributed by atoms with Gasteiger partial charge in [0.05, 0.1) is 6.42 Å². The highest BCUT2D eigenvalue weighted by molar-refractivity contribution is 5.79. The minimum atomic E-state index is 0.215. The lowest BCUT2D eigenvalue weighted by Crippen LogP contribution is -2.50. The van der Waals surface area contributed by atoms with Gasteiger partial charge >= 0.3 is 0 Å². The first-order valence-corrected chi connectivity index (χ1v) is 9.32. The van der Waals surface area contributed by atoms with Crippen LogP contribution in [0, 0.1) is 0 Å². The first-order chi connectivity index (χ1) is 11.7. The van der Waals surface area contributed by atoms with Crippen molar-refractivity contribution in [2.45, 2.75) is 57.9 Å². The van der Waals surface area contributed by atoms with E-state index in [2.05, 4.69) is 24.0 Å². The lowest BCUT2D eigenvalue weighted by Gasteiger charge is -2.40. The smallest absolute Gasteiger partial charge is 0.226 e. The summed E-state index contributed by atoms with van der Waals surface area (Å²) < 4.78 is 0. The van der Waals surface area contributed by atoms with Crippen LogP contribution in [0.15, 0.2) is 24.3 Å². The molecule has 2 amide bonds. The van der Waals surface area contributed by atoms with Gasteiger partial charge < -0.3 is 9.80 Å². The largest absolute Gasteiger partial charge is 0.342 e. The van der Waals surface area contributed by atoms with E-state index in [1.54, 1.807) is 0 Å². The SMILES string of the molecule is CCc1cccc(CC(=O)N2CCC(N3CCCCC3=O)CC2)c1. The minimum absolute atomic E-state index is 0.215. The molecule has 0 radical (unpaired) electrons. The van der Waals surface area contributed by atoms with Crippen molar-refractivity contribution in [1.82, 2.24) is 9.80 Å². The van der Waals surface area contributed by atoms with Gasteiger partial charge in [0.1, 0.15) is 0 Å². The number of carbonyl (C=O) groups excluding carboxylic acids is 2. The van der Waals surface area contributed by atoms with Crippen molar-refractivity contribution in [2.24, 2.45) is 0 Å². The predicted molar refractivity (Wildman–Crippen MR) is 94.7 cm³/mol. The summed E-state index contributed by atoms with van der Waals surface area (Å²) in [6.07, 6.45) is 6.19. The van der Waals surface area contributed by atoms with Crippen molar-refractivity contribution in [3.63, 3.8) is 0 Å². The normalized spacial score (nSPS) is 19.6. The van der Waals surface area contributed by atoms with Crippen LogP contribution in [0.4, 0.5) is 0 Å². The molecule has 0 saturated carbocycles. The zero-order valence-corrected chi connectivity index (χ0v) is 14.7. The Labute approximate surface area is 144 Å². The number of aryl methyl sites for hydroxylation is 1. The fourth-order valence-corrected chi connectivity index (χ4v) is 3.89. The Morgan fingerprint density at radius 3 is 2.58 bits per heavy atom. The second-order valence-electron chi connectivity index (χ2n) is 7.01. The van der Waals surface area contributed by atoms with E-state index in [1.165, 1.54) is 5.56 Å². The summed E-state index contributed by atoms with van der Waals surface area (Å²) >= 11 is 0. The van der Waals surface area contributed by atoms with Crippen molar-refractivity contribution in [3.05, 3.63) is 35.4 Å². The number of piperidine rings is 2. The van der Waals surface area contributed by atoms with E-state index in [-0.39, 0.29) is 5.91 Å². The number of hydrogen-bond acceptors (Lipinski definition) is 2. The number of amides is 2. The molecule has 0 atom stereocenters. The number of rotatable bonds is 4. The van der Waals surface area contributed by atoms with Crippen molar-refractivity contribution < 1.29 is 9.59 Å². The molecule has 2 fully saturated rings. The Kier molecular flexibility index (Phi) is 5.54. The molecule has 2 aliphatic rings. The molecule has 2 aliphatic heterocycles. The highest BCUT2D eigenvalue weighted by atomic mass is 16.2. The van der Waals surface area contributed by atoms with Crippen molar-refractivity contribution >= 4 is 11.8 Å². The molecule has 4 nitrogen and oxygen atoms in total. The Morgan fingerprint density at radius 2 is 1.88 bits per heavy atom. The standard InChI is InChI=1S/C20H28N2O2/c1-2-16-6-5-7-17(14-16)15-20(24)21-12-9-18(10-13-21)22-11-4-3-8-19(22)23/h5-7,14,18H,2-4,8-13,15H2,1H3. The summed E-state index contributed by atoms with van der Waals surface area (Å²) in [7, 11) is 0. The number of nitrogens with zero attached hydrogens (tertiary/aromatic N) is 2. The highest BCUT2D eigenvalue weighted by Gasteiger charge is 2.30. The average Bonchev–Trinajstić information content (AvgIpc) is 2.62. The fourth-order valence-electron chi connectivity index (χ4n) is 3.89. The summed E-state index contributed by atoms with van der Waals surface area (Å²) in [5.74, 6) is 0.522. The van der Waals surface area contributed by atoms with Crippen LogP contribution in [0.25, 0.3) is 0 Å². The summed E-state index contributed by atoms with van der Waals surface area (Å²) in [5.41, 5.74) is 2.38. The molecule has 0 N–H and O–H groups in total. The topological polar surface area (TPSA) is 40.6 Å². The Hall–Kier alpha value is -1.84. The number of likely N-dealkylation sites (tertiary alicyclic amines) is 2. The molecule has 0 unspecified atom stereocenters. The van der Waals surface area contributed by atoms with Crippen LogP contribution in [0.2, 0.25) is 0 Å². The third-order valence-corrected chi connectivity index (χ3v) is 5.37. The monoisotopic (exact) mass is 328 g/mol. The minimum Gasteiger partial charge on any atom is -0.342 e. The maximum atomic E-state index is 12.6. The lowest BCUT2D eigenvalue weighted by molar-refractivity contribution is -0.138. The molecule has 1 aromatic rings. The maximum Gasteiger partial charge on any atom is 0.226 e. The highest BCUT2D eigenvalue weighted by Crippen LogP contribution is 2.22. The van der Waals surface area contributed by atoms with Crippen molar-refractivity contribution in [1.29, 1.82) is 0 Å². The molecule has 0 bridgehead atoms. The molecule has 4 heteroatoms. The van der Waals surface area contributed by atoms with Crippen molar-refractivity contribution in [2.75, 3.05) is 19.6 Å². The lowest BCUT2D eigenvalue weighted by atomic mass is 9.98. The van der Waals surface area contributed by atoms with Gasteiger partial charge in [0.25, 0.3) is 0 Å². The Balaban J connectivity index is 1.52. The van der Waals surface area contributed by atoms with E-state index in [1.807, 2.05) is 17.0 Å². The molecule has 2 saturated heterocycles. The molecule has 0 spiro atoms. The van der Waals surface area contributed by atoms with Gasteiger partial charge in [0.15, 0.2) is 0 Å². The summed E-state index contributed by atoms with van der Waals surface area (Å²) in [4.78, 5) is 28.7. The van der Waals surface area contributed by atoms with Crippen LogP contribution in [0.5, 0.6) is 0 Å². The van der Waals surface area contributed by atoms with Crippen LogP contribution in [-0.2, 0) is 22.4 Å². The zero-order chi connectivity index (χ0) is 16.9. The van der Waals surface area contributed by atoms with Gasteiger partial charge in [0.2, 0.25) is 11.8 Å². The van der Waals surface area contributed by atoms with Gasteiger partial charge in [-0.1, -0.05) is 31.2 Å². The van der Waals surface area contributed by atoms with E-state index in [4.69, 9.17) is 0 Å². The predicted octanol–water partition coefficient (Wildman–Crippen LogP) is 2.80. The van der Waals surface area contributed by atoms with E-state index in [0.29, 0.717) is 24.8 Å². The molecule has 0 aliphatic carbocycles. The van der Waals surface area contributed by atoms with Crippen molar-refractivity contribution in [3.8, 4) is 0 Å². The summed E-state index contributed by atoms with van der Waals surface area (Å²) in [6.45, 7) is 4.59. The Bertz CT molecular complexity index is 591. The van der Waals surface area contributed by atoms with Crippen LogP contribution in [0.1, 0.15) is 50.2 Å². The van der Waals surface area contributed by atoms with Gasteiger partial charge in [-0.25, -0.2) is 0 Å². The van der Waals surface area contributed by atoms with Gasteiger partial charge in [-0.05, 0) is 43.2 Å². The Morgan fingerprint density at radius 1 is 1.12 bits per heavy atom. The van der Waals surface area contributed by atoms with E-state index in [0.717, 1.165) is 57.3 Å². The van der Waals surface area contributed by atoms with Crippen LogP contribution >= 0.6 is 0 Å². The molecule has 130 valence electrons. The van der Waals surface area contributed by atoms with Gasteiger partial charge in [0, 0.05) is 32.1 Å². The maximum absolute atomic E-state index is 12.6. The molecular weight excluding hydrogens is 300 g/mol. The quantitative estimate of drug-likeness (QED) is 0.853. The average molecular weight is 328 g/mol. The fraction of sp³-hybridized carbons (Fsp3) is 0.600. The first kappa shape index (κ1) is 17.0. The number of carbonyl (C=O) groups is 2. The zero-order valence-electron chi connectivity index (χ0n) is 14.7. The van der Waals surface area contributed by atoms with E-state index < -0.39 is 0 Å². The summed E-state index contributed by atoms with van der Waals surface area (Å²) in [5, 5.41) is 0. The second-order valence-corrected chi connectivity index (χ2v) is 7.01. The molecule has 1 aromatic carbocycles.